The molecule has 1 aliphatic heterocycles. The molecule has 1 aromatic carbocycles. The second kappa shape index (κ2) is 10.6. The van der Waals surface area contributed by atoms with E-state index in [4.69, 9.17) is 4.74 Å². The van der Waals surface area contributed by atoms with E-state index in [1.165, 1.54) is 12.1 Å². The fourth-order valence-corrected chi connectivity index (χ4v) is 4.49. The molecule has 1 N–H and O–H groups in total. The Bertz CT molecular complexity index is 1240. The van der Waals surface area contributed by atoms with Gasteiger partial charge in [0.1, 0.15) is 5.75 Å². The summed E-state index contributed by atoms with van der Waals surface area (Å²) in [5, 5.41) is 9.57. The van der Waals surface area contributed by atoms with E-state index in [0.29, 0.717) is 34.7 Å². The Kier molecular flexibility index (Phi) is 7.52. The number of ether oxygens (including phenoxy) is 1. The Morgan fingerprint density at radius 2 is 1.83 bits per heavy atom. The number of piperidine rings is 1. The zero-order valence-electron chi connectivity index (χ0n) is 20.9. The fraction of sp³-hybridized carbons (Fsp3) is 0.393. The molecular formula is C28H31F2N3O3. The average molecular weight is 496 g/mol. The molecular weight excluding hydrogens is 464 g/mol. The molecule has 0 atom stereocenters. The number of carboxylic acids is 1. The number of anilines is 1. The van der Waals surface area contributed by atoms with Crippen molar-refractivity contribution in [1.29, 1.82) is 0 Å². The molecule has 0 spiro atoms. The van der Waals surface area contributed by atoms with Crippen molar-refractivity contribution < 1.29 is 23.4 Å². The van der Waals surface area contributed by atoms with Crippen molar-refractivity contribution >= 4 is 11.7 Å². The van der Waals surface area contributed by atoms with Crippen LogP contribution in [0, 0.1) is 24.0 Å². The topological polar surface area (TPSA) is 75.6 Å². The summed E-state index contributed by atoms with van der Waals surface area (Å²) in [4.78, 5) is 23.0. The van der Waals surface area contributed by atoms with E-state index in [9.17, 15) is 18.7 Å². The first-order valence-electron chi connectivity index (χ1n) is 12.1. The number of hydrogen-bond acceptors (Lipinski definition) is 5. The highest BCUT2D eigenvalue weighted by molar-refractivity contribution is 5.83. The number of aryl methyl sites for hydroxylation is 1. The summed E-state index contributed by atoms with van der Waals surface area (Å²) in [6.45, 7) is 8.32. The van der Waals surface area contributed by atoms with Gasteiger partial charge in [0.25, 0.3) is 0 Å². The van der Waals surface area contributed by atoms with Crippen molar-refractivity contribution in [3.05, 3.63) is 71.2 Å². The lowest BCUT2D eigenvalue weighted by atomic mass is 9.82. The van der Waals surface area contributed by atoms with Crippen molar-refractivity contribution in [2.45, 2.75) is 46.5 Å². The lowest BCUT2D eigenvalue weighted by Gasteiger charge is -2.40. The quantitative estimate of drug-likeness (QED) is 0.438. The second-order valence-electron chi connectivity index (χ2n) is 10.0. The number of carbonyl (C=O) groups is 1. The summed E-state index contributed by atoms with van der Waals surface area (Å²) in [7, 11) is 0. The van der Waals surface area contributed by atoms with Gasteiger partial charge in [-0.1, -0.05) is 19.9 Å². The molecule has 1 saturated heterocycles. The molecule has 8 heteroatoms. The van der Waals surface area contributed by atoms with Crippen LogP contribution in [-0.2, 0) is 17.6 Å². The van der Waals surface area contributed by atoms with E-state index in [1.807, 2.05) is 13.0 Å². The van der Waals surface area contributed by atoms with Crippen LogP contribution in [-0.4, -0.2) is 40.7 Å². The molecule has 3 heterocycles. The molecule has 3 aromatic rings. The van der Waals surface area contributed by atoms with Gasteiger partial charge in [0.15, 0.2) is 11.6 Å². The SMILES string of the molecule is Cc1ncc(-c2ccc(OCCc3ccc(F)c(F)c3)cn2)c(N2CCC(C)(C)CC2)c1CC(=O)O. The van der Waals surface area contributed by atoms with E-state index >= 15 is 0 Å². The normalized spacial score (nSPS) is 15.1. The molecule has 4 rings (SSSR count). The van der Waals surface area contributed by atoms with Crippen LogP contribution in [0.15, 0.2) is 42.7 Å². The first-order valence-corrected chi connectivity index (χ1v) is 12.1. The molecule has 1 fully saturated rings. The van der Waals surface area contributed by atoms with Crippen LogP contribution in [0.3, 0.4) is 0 Å². The number of hydrogen-bond donors (Lipinski definition) is 1. The minimum atomic E-state index is -0.895. The first-order chi connectivity index (χ1) is 17.1. The number of carboxylic acid groups (broad SMARTS) is 1. The van der Waals surface area contributed by atoms with Crippen LogP contribution in [0.4, 0.5) is 14.5 Å². The Morgan fingerprint density at radius 3 is 2.47 bits per heavy atom. The maximum absolute atomic E-state index is 13.4. The number of rotatable bonds is 8. The minimum Gasteiger partial charge on any atom is -0.492 e. The van der Waals surface area contributed by atoms with Gasteiger partial charge in [-0.3, -0.25) is 14.8 Å². The third-order valence-corrected chi connectivity index (χ3v) is 6.78. The van der Waals surface area contributed by atoms with E-state index in [2.05, 4.69) is 28.7 Å². The molecule has 0 radical (unpaired) electrons. The van der Waals surface area contributed by atoms with E-state index in [-0.39, 0.29) is 18.4 Å². The van der Waals surface area contributed by atoms with E-state index in [0.717, 1.165) is 43.2 Å². The molecule has 1 aliphatic rings. The zero-order valence-corrected chi connectivity index (χ0v) is 20.9. The van der Waals surface area contributed by atoms with Gasteiger partial charge >= 0.3 is 5.97 Å². The monoisotopic (exact) mass is 495 g/mol. The predicted molar refractivity (Wildman–Crippen MR) is 134 cm³/mol. The van der Waals surface area contributed by atoms with Crippen molar-refractivity contribution in [1.82, 2.24) is 9.97 Å². The van der Waals surface area contributed by atoms with Crippen LogP contribution in [0.5, 0.6) is 5.75 Å². The number of benzene rings is 1. The molecule has 6 nitrogen and oxygen atoms in total. The van der Waals surface area contributed by atoms with Crippen LogP contribution < -0.4 is 9.64 Å². The van der Waals surface area contributed by atoms with Gasteiger partial charge < -0.3 is 14.7 Å². The Labute approximate surface area is 210 Å². The van der Waals surface area contributed by atoms with Gasteiger partial charge in [0.2, 0.25) is 0 Å². The number of aromatic nitrogens is 2. The number of pyridine rings is 2. The standard InChI is InChI=1S/C28H31F2N3O3/c1-18-21(15-26(34)35)27(33-11-9-28(2,3)10-12-33)22(17-31-18)25-7-5-20(16-32-25)36-13-8-19-4-6-23(29)24(30)14-19/h4-7,14,16-17H,8-13,15H2,1-3H3,(H,34,35). The van der Waals surface area contributed by atoms with Crippen LogP contribution in [0.25, 0.3) is 11.3 Å². The van der Waals surface area contributed by atoms with Gasteiger partial charge in [-0.05, 0) is 55.0 Å². The third kappa shape index (κ3) is 5.98. The molecule has 0 saturated carbocycles. The molecule has 2 aromatic heterocycles. The van der Waals surface area contributed by atoms with Crippen molar-refractivity contribution in [2.24, 2.45) is 5.41 Å². The number of halogens is 2. The Morgan fingerprint density at radius 1 is 1.08 bits per heavy atom. The highest BCUT2D eigenvalue weighted by Gasteiger charge is 2.29. The third-order valence-electron chi connectivity index (χ3n) is 6.78. The lowest BCUT2D eigenvalue weighted by Crippen LogP contribution is -2.38. The summed E-state index contributed by atoms with van der Waals surface area (Å²) in [6, 6.07) is 7.44. The van der Waals surface area contributed by atoms with Gasteiger partial charge in [-0.2, -0.15) is 0 Å². The average Bonchev–Trinajstić information content (AvgIpc) is 2.83. The predicted octanol–water partition coefficient (Wildman–Crippen LogP) is 5.61. The lowest BCUT2D eigenvalue weighted by molar-refractivity contribution is -0.136. The molecule has 0 unspecified atom stereocenters. The maximum Gasteiger partial charge on any atom is 0.307 e. The zero-order chi connectivity index (χ0) is 25.9. The van der Waals surface area contributed by atoms with Crippen molar-refractivity contribution in [2.75, 3.05) is 24.6 Å². The minimum absolute atomic E-state index is 0.104. The molecule has 0 amide bonds. The van der Waals surface area contributed by atoms with Crippen molar-refractivity contribution in [3.8, 4) is 17.0 Å². The van der Waals surface area contributed by atoms with Gasteiger partial charge in [-0.15, -0.1) is 0 Å². The van der Waals surface area contributed by atoms with E-state index < -0.39 is 17.6 Å². The highest BCUT2D eigenvalue weighted by Crippen LogP contribution is 2.39. The molecule has 190 valence electrons. The van der Waals surface area contributed by atoms with E-state index in [1.54, 1.807) is 18.5 Å². The summed E-state index contributed by atoms with van der Waals surface area (Å²) >= 11 is 0. The van der Waals surface area contributed by atoms with Gasteiger partial charge in [0.05, 0.1) is 30.6 Å². The van der Waals surface area contributed by atoms with Gasteiger partial charge in [-0.25, -0.2) is 8.78 Å². The number of nitrogens with zero attached hydrogens (tertiary/aromatic N) is 3. The Hall–Kier alpha value is -3.55. The summed E-state index contributed by atoms with van der Waals surface area (Å²) < 4.78 is 32.3. The van der Waals surface area contributed by atoms with Gasteiger partial charge in [0, 0.05) is 42.5 Å². The van der Waals surface area contributed by atoms with Crippen LogP contribution in [0.2, 0.25) is 0 Å². The van der Waals surface area contributed by atoms with Crippen molar-refractivity contribution in [3.63, 3.8) is 0 Å². The van der Waals surface area contributed by atoms with Crippen LogP contribution in [0.1, 0.15) is 43.5 Å². The summed E-state index contributed by atoms with van der Waals surface area (Å²) in [5.74, 6) is -2.09. The molecule has 0 aliphatic carbocycles. The largest absolute Gasteiger partial charge is 0.492 e. The molecule has 36 heavy (non-hydrogen) atoms. The molecule has 0 bridgehead atoms. The summed E-state index contributed by atoms with van der Waals surface area (Å²) in [5.41, 5.74) is 4.69. The fourth-order valence-electron chi connectivity index (χ4n) is 4.49. The van der Waals surface area contributed by atoms with Crippen LogP contribution >= 0.6 is 0 Å². The summed E-state index contributed by atoms with van der Waals surface area (Å²) in [6.07, 6.45) is 5.72. The highest BCUT2D eigenvalue weighted by atomic mass is 19.2. The second-order valence-corrected chi connectivity index (χ2v) is 10.0. The first kappa shape index (κ1) is 25.5. The smallest absolute Gasteiger partial charge is 0.307 e. The maximum atomic E-state index is 13.4. The Balaban J connectivity index is 1.55. The number of aliphatic carboxylic acids is 1.